The van der Waals surface area contributed by atoms with Gasteiger partial charge in [0.25, 0.3) is 5.91 Å². The normalized spacial score (nSPS) is 18.3. The van der Waals surface area contributed by atoms with Gasteiger partial charge in [0.05, 0.1) is 29.0 Å². The fourth-order valence-corrected chi connectivity index (χ4v) is 6.48. The molecule has 0 aliphatic carbocycles. The van der Waals surface area contributed by atoms with Crippen molar-refractivity contribution in [3.05, 3.63) is 90.5 Å². The number of ether oxygens (including phenoxy) is 1. The Labute approximate surface area is 279 Å². The predicted molar refractivity (Wildman–Crippen MR) is 177 cm³/mol. The molecule has 0 bridgehead atoms. The molecule has 2 aromatic heterocycles. The molecule has 2 aliphatic rings. The number of H-pyrrole nitrogens is 1. The molecule has 252 valence electrons. The second-order valence-corrected chi connectivity index (χ2v) is 12.2. The van der Waals surface area contributed by atoms with Crippen molar-refractivity contribution in [2.45, 2.75) is 12.0 Å². The zero-order valence-corrected chi connectivity index (χ0v) is 26.6. The minimum atomic E-state index is -1.16. The fourth-order valence-electron chi connectivity index (χ4n) is 6.48. The van der Waals surface area contributed by atoms with E-state index in [9.17, 15) is 18.4 Å². The lowest BCUT2D eigenvalue weighted by atomic mass is 10.0. The van der Waals surface area contributed by atoms with Crippen molar-refractivity contribution in [1.29, 1.82) is 0 Å². The number of piperazine rings is 1. The Kier molecular flexibility index (Phi) is 8.73. The lowest BCUT2D eigenvalue weighted by Gasteiger charge is -2.37. The SMILES string of the molecule is CO[C@@]1(C(=O)Nc2ccc3[nH]nc(-c4ccc(F)cc4)c3c2)CCN(CC(=O)N2CCN(c3ccc(-c4ncccn4)c(F)c3F)CC2)C1. The number of halogens is 3. The molecule has 4 heterocycles. The number of anilines is 2. The van der Waals surface area contributed by atoms with Crippen LogP contribution in [0.5, 0.6) is 0 Å². The second-order valence-electron chi connectivity index (χ2n) is 12.2. The van der Waals surface area contributed by atoms with Crippen molar-refractivity contribution < 1.29 is 27.5 Å². The Morgan fingerprint density at radius 2 is 1.69 bits per heavy atom. The van der Waals surface area contributed by atoms with E-state index in [-0.39, 0.29) is 47.8 Å². The number of fused-ring (bicyclic) bond motifs is 1. The van der Waals surface area contributed by atoms with Gasteiger partial charge in [0.1, 0.15) is 5.82 Å². The van der Waals surface area contributed by atoms with Crippen LogP contribution in [0, 0.1) is 17.5 Å². The number of nitrogens with zero attached hydrogens (tertiary/aromatic N) is 6. The Balaban J connectivity index is 0.955. The average Bonchev–Trinajstić information content (AvgIpc) is 3.75. The van der Waals surface area contributed by atoms with Gasteiger partial charge in [-0.05, 0) is 67.1 Å². The molecule has 7 rings (SSSR count). The highest BCUT2D eigenvalue weighted by Crippen LogP contribution is 2.32. The molecule has 49 heavy (non-hydrogen) atoms. The minimum absolute atomic E-state index is 0.0166. The molecule has 5 aromatic rings. The summed E-state index contributed by atoms with van der Waals surface area (Å²) >= 11 is 0. The molecule has 0 saturated carbocycles. The lowest BCUT2D eigenvalue weighted by Crippen LogP contribution is -2.52. The molecule has 2 N–H and O–H groups in total. The summed E-state index contributed by atoms with van der Waals surface area (Å²) in [5, 5.41) is 11.1. The van der Waals surface area contributed by atoms with Crippen LogP contribution in [0.1, 0.15) is 6.42 Å². The summed E-state index contributed by atoms with van der Waals surface area (Å²) in [6.45, 7) is 2.12. The van der Waals surface area contributed by atoms with Gasteiger partial charge >= 0.3 is 0 Å². The van der Waals surface area contributed by atoms with Crippen molar-refractivity contribution in [3.8, 4) is 22.6 Å². The number of methoxy groups -OCH3 is 1. The van der Waals surface area contributed by atoms with Crippen LogP contribution in [0.2, 0.25) is 0 Å². The number of aromatic nitrogens is 4. The Morgan fingerprint density at radius 1 is 0.939 bits per heavy atom. The van der Waals surface area contributed by atoms with Gasteiger partial charge in [0.2, 0.25) is 5.91 Å². The maximum Gasteiger partial charge on any atom is 0.258 e. The van der Waals surface area contributed by atoms with E-state index in [0.717, 1.165) is 16.5 Å². The predicted octanol–water partition coefficient (Wildman–Crippen LogP) is 4.48. The number of hydrogen-bond acceptors (Lipinski definition) is 8. The van der Waals surface area contributed by atoms with E-state index in [1.54, 1.807) is 40.1 Å². The molecular formula is C35H33F3N8O3. The summed E-state index contributed by atoms with van der Waals surface area (Å²) in [6, 6.07) is 16.0. The molecule has 1 atom stereocenters. The number of aromatic amines is 1. The van der Waals surface area contributed by atoms with Crippen LogP contribution in [0.25, 0.3) is 33.5 Å². The van der Waals surface area contributed by atoms with Gasteiger partial charge in [-0.1, -0.05) is 0 Å². The van der Waals surface area contributed by atoms with Gasteiger partial charge in [-0.25, -0.2) is 23.1 Å². The smallest absolute Gasteiger partial charge is 0.258 e. The quantitative estimate of drug-likeness (QED) is 0.248. The van der Waals surface area contributed by atoms with Gasteiger partial charge in [-0.3, -0.25) is 19.6 Å². The number of carbonyl (C=O) groups excluding carboxylic acids is 2. The molecule has 0 spiro atoms. The highest BCUT2D eigenvalue weighted by atomic mass is 19.2. The van der Waals surface area contributed by atoms with E-state index in [0.29, 0.717) is 50.5 Å². The first-order valence-electron chi connectivity index (χ1n) is 15.9. The lowest BCUT2D eigenvalue weighted by molar-refractivity contribution is -0.138. The van der Waals surface area contributed by atoms with E-state index in [2.05, 4.69) is 25.5 Å². The molecule has 0 unspecified atom stereocenters. The van der Waals surface area contributed by atoms with E-state index in [1.807, 2.05) is 11.0 Å². The Hall–Kier alpha value is -5.34. The van der Waals surface area contributed by atoms with Crippen molar-refractivity contribution >= 4 is 34.1 Å². The Morgan fingerprint density at radius 3 is 2.43 bits per heavy atom. The number of amides is 2. The number of benzene rings is 3. The van der Waals surface area contributed by atoms with Gasteiger partial charge in [-0.2, -0.15) is 5.10 Å². The molecule has 11 nitrogen and oxygen atoms in total. The van der Waals surface area contributed by atoms with Crippen LogP contribution >= 0.6 is 0 Å². The molecular weight excluding hydrogens is 637 g/mol. The summed E-state index contributed by atoms with van der Waals surface area (Å²) in [5.74, 6) is -2.68. The van der Waals surface area contributed by atoms with Crippen molar-refractivity contribution in [2.75, 3.05) is 63.1 Å². The number of hydrogen-bond donors (Lipinski definition) is 2. The summed E-state index contributed by atoms with van der Waals surface area (Å²) in [5.41, 5.74) is 1.62. The first-order chi connectivity index (χ1) is 23.7. The average molecular weight is 671 g/mol. The first kappa shape index (κ1) is 32.2. The van der Waals surface area contributed by atoms with Crippen LogP contribution in [0.3, 0.4) is 0 Å². The molecule has 2 fully saturated rings. The number of nitrogens with one attached hydrogen (secondary N) is 2. The maximum atomic E-state index is 15.1. The van der Waals surface area contributed by atoms with Crippen LogP contribution in [0.15, 0.2) is 73.1 Å². The molecule has 0 radical (unpaired) electrons. The minimum Gasteiger partial charge on any atom is -0.367 e. The zero-order chi connectivity index (χ0) is 34.1. The van der Waals surface area contributed by atoms with Gasteiger partial charge < -0.3 is 19.9 Å². The summed E-state index contributed by atoms with van der Waals surface area (Å²) in [6.07, 6.45) is 3.32. The van der Waals surface area contributed by atoms with Crippen LogP contribution in [0.4, 0.5) is 24.5 Å². The maximum absolute atomic E-state index is 15.1. The standard InChI is InChI=1S/C35H33F3N8O3/c1-49-35(34(48)41-24-7-9-27-26(19-24)32(43-42-27)22-3-5-23(36)6-4-22)11-14-44(21-35)20-29(47)46-17-15-45(16-18-46)28-10-8-25(30(37)31(28)38)33-39-12-2-13-40-33/h2-10,12-13,19H,11,14-18,20-21H2,1H3,(H,41,48)(H,42,43)/t35-/m0/s1. The van der Waals surface area contributed by atoms with Crippen molar-refractivity contribution in [1.82, 2.24) is 30.0 Å². The van der Waals surface area contributed by atoms with Crippen LogP contribution < -0.4 is 10.2 Å². The topological polar surface area (TPSA) is 120 Å². The third kappa shape index (κ3) is 6.32. The molecule has 14 heteroatoms. The van der Waals surface area contributed by atoms with Crippen molar-refractivity contribution in [2.24, 2.45) is 0 Å². The second kappa shape index (κ2) is 13.3. The summed E-state index contributed by atoms with van der Waals surface area (Å²) in [4.78, 5) is 40.2. The van der Waals surface area contributed by atoms with E-state index in [4.69, 9.17) is 4.74 Å². The zero-order valence-electron chi connectivity index (χ0n) is 26.6. The van der Waals surface area contributed by atoms with Crippen molar-refractivity contribution in [3.63, 3.8) is 0 Å². The molecule has 3 aromatic carbocycles. The Bertz CT molecular complexity index is 2000. The van der Waals surface area contributed by atoms with Gasteiger partial charge in [0, 0.05) is 75.4 Å². The highest BCUT2D eigenvalue weighted by molar-refractivity contribution is 6.01. The fraction of sp³-hybridized carbons (Fsp3) is 0.286. The van der Waals surface area contributed by atoms with Gasteiger partial charge in [-0.15, -0.1) is 0 Å². The van der Waals surface area contributed by atoms with Crippen LogP contribution in [-0.2, 0) is 14.3 Å². The molecule has 2 saturated heterocycles. The van der Waals surface area contributed by atoms with E-state index < -0.39 is 17.2 Å². The van der Waals surface area contributed by atoms with Crippen LogP contribution in [-0.4, -0.2) is 100 Å². The molecule has 2 amide bonds. The first-order valence-corrected chi connectivity index (χ1v) is 15.9. The molecule has 2 aliphatic heterocycles. The van der Waals surface area contributed by atoms with E-state index in [1.165, 1.54) is 43.8 Å². The summed E-state index contributed by atoms with van der Waals surface area (Å²) in [7, 11) is 1.48. The third-order valence-corrected chi connectivity index (χ3v) is 9.25. The third-order valence-electron chi connectivity index (χ3n) is 9.25. The van der Waals surface area contributed by atoms with E-state index >= 15 is 4.39 Å². The highest BCUT2D eigenvalue weighted by Gasteiger charge is 2.45. The van der Waals surface area contributed by atoms with Gasteiger partial charge in [0.15, 0.2) is 23.1 Å². The summed E-state index contributed by atoms with van der Waals surface area (Å²) < 4.78 is 49.3. The largest absolute Gasteiger partial charge is 0.367 e. The monoisotopic (exact) mass is 670 g/mol. The number of rotatable bonds is 8. The number of carbonyl (C=O) groups is 2. The number of likely N-dealkylation sites (tertiary alicyclic amines) is 1.